The maximum absolute atomic E-state index is 16.4. The van der Waals surface area contributed by atoms with Crippen LogP contribution in [0.25, 0.3) is 5.00 Å². The first-order valence-electron chi connectivity index (χ1n) is 22.8. The number of aliphatic hydroxyl groups is 1. The van der Waals surface area contributed by atoms with Crippen molar-refractivity contribution in [3.63, 3.8) is 0 Å². The number of aliphatic imine (C=N–C) groups is 1. The van der Waals surface area contributed by atoms with E-state index in [4.69, 9.17) is 9.73 Å². The highest BCUT2D eigenvalue weighted by molar-refractivity contribution is 7.15. The van der Waals surface area contributed by atoms with E-state index in [1.165, 1.54) is 34.7 Å². The minimum Gasteiger partial charge on any atom is -0.508 e. The van der Waals surface area contributed by atoms with Crippen LogP contribution in [-0.2, 0) is 6.42 Å². The van der Waals surface area contributed by atoms with E-state index >= 15 is 8.78 Å². The van der Waals surface area contributed by atoms with Crippen LogP contribution in [0.15, 0.2) is 77.8 Å². The van der Waals surface area contributed by atoms with Crippen molar-refractivity contribution in [1.82, 2.24) is 19.7 Å². The van der Waals surface area contributed by atoms with Crippen LogP contribution in [0.2, 0.25) is 0 Å². The Balaban J connectivity index is 0.800. The number of anilines is 1. The molecule has 2 saturated heterocycles. The van der Waals surface area contributed by atoms with Gasteiger partial charge in [0.1, 0.15) is 45.8 Å². The van der Waals surface area contributed by atoms with Gasteiger partial charge in [-0.2, -0.15) is 0 Å². The molecule has 338 valence electrons. The van der Waals surface area contributed by atoms with Crippen molar-refractivity contribution < 1.29 is 28.1 Å². The third-order valence-corrected chi connectivity index (χ3v) is 15.9. The largest absolute Gasteiger partial charge is 0.508 e. The van der Waals surface area contributed by atoms with E-state index in [1.807, 2.05) is 6.92 Å². The fourth-order valence-electron chi connectivity index (χ4n) is 11.1. The summed E-state index contributed by atoms with van der Waals surface area (Å²) >= 11 is 1.73. The van der Waals surface area contributed by atoms with Gasteiger partial charge in [-0.1, -0.05) is 18.2 Å². The summed E-state index contributed by atoms with van der Waals surface area (Å²) in [5, 5.41) is 32.1. The minimum atomic E-state index is -0.852. The van der Waals surface area contributed by atoms with Crippen LogP contribution in [0, 0.1) is 38.2 Å². The number of phenolic OH excluding ortho intramolecular Hbond substituents is 1. The molecule has 3 atom stereocenters. The molecule has 6 aromatic rings. The maximum atomic E-state index is 16.4. The van der Waals surface area contributed by atoms with E-state index in [0.29, 0.717) is 50.9 Å². The fraction of sp³-hybridized carbons (Fsp3) is 0.404. The molecule has 10 rings (SSSR count). The lowest BCUT2D eigenvalue weighted by atomic mass is 9.68. The Bertz CT molecular complexity index is 2780. The zero-order valence-corrected chi connectivity index (χ0v) is 38.4. The molecular formula is C52H55F3N6O3S. The molecule has 0 saturated carbocycles. The van der Waals surface area contributed by atoms with Crippen LogP contribution in [0.1, 0.15) is 124 Å². The van der Waals surface area contributed by atoms with E-state index in [1.54, 1.807) is 48.8 Å². The molecule has 9 nitrogen and oxygen atoms in total. The van der Waals surface area contributed by atoms with Gasteiger partial charge in [-0.25, -0.2) is 13.2 Å². The first-order valence-corrected chi connectivity index (χ1v) is 23.7. The first-order chi connectivity index (χ1) is 31.3. The SMILES string of the molecule is COc1cc(N2CCC(O)(CN3CCC(c4cc(F)c(C5c6ccc(O)cc6CCC5c5ccc(F)cc5)c(F)c4)CC3)CC2)ccc1C1=N[C@@H](C)c2nnc(C)n2-c2sc(C)c(C)c21. The molecule has 13 heteroatoms. The molecular weight excluding hydrogens is 846 g/mol. The summed E-state index contributed by atoms with van der Waals surface area (Å²) in [5.41, 5.74) is 7.40. The third kappa shape index (κ3) is 7.93. The molecule has 2 N–H and O–H groups in total. The molecule has 0 radical (unpaired) electrons. The standard InChI is InChI=1S/C52H55F3N6O3S/c1-29-31(3)65-51-46(29)49(56-30(2)50-58-57-32(4)61(50)51)42-14-11-38(27-45(42)64-5)60-22-18-52(63,19-23-60)28-59-20-16-33(17-21-59)36-25-43(54)48(44(55)26-36)47-40(34-6-9-37(53)10-7-34)13-8-35-24-39(62)12-15-41(35)47/h6-7,9-12,14-15,24-27,30,33,40,47,62-63H,8,13,16-23,28H2,1-5H3/t30-,40?,47?/m0/s1. The maximum Gasteiger partial charge on any atom is 0.162 e. The first kappa shape index (κ1) is 43.4. The Morgan fingerprint density at radius 1 is 0.846 bits per heavy atom. The van der Waals surface area contributed by atoms with Crippen molar-refractivity contribution in [3.05, 3.63) is 151 Å². The highest BCUT2D eigenvalue weighted by Gasteiger charge is 2.39. The summed E-state index contributed by atoms with van der Waals surface area (Å²) < 4.78 is 55.0. The van der Waals surface area contributed by atoms with Crippen molar-refractivity contribution in [2.45, 2.75) is 95.6 Å². The van der Waals surface area contributed by atoms with E-state index in [-0.39, 0.29) is 35.0 Å². The number of thiophene rings is 1. The van der Waals surface area contributed by atoms with Gasteiger partial charge in [0.25, 0.3) is 0 Å². The van der Waals surface area contributed by atoms with Crippen LogP contribution < -0.4 is 9.64 Å². The second-order valence-electron chi connectivity index (χ2n) is 18.7. The summed E-state index contributed by atoms with van der Waals surface area (Å²) in [6, 6.07) is 20.4. The van der Waals surface area contributed by atoms with Gasteiger partial charge in [0, 0.05) is 58.9 Å². The monoisotopic (exact) mass is 900 g/mol. The predicted octanol–water partition coefficient (Wildman–Crippen LogP) is 10.4. The quantitative estimate of drug-likeness (QED) is 0.157. The number of benzene rings is 4. The van der Waals surface area contributed by atoms with Crippen LogP contribution in [0.3, 0.4) is 0 Å². The second-order valence-corrected chi connectivity index (χ2v) is 19.9. The van der Waals surface area contributed by atoms with Gasteiger partial charge in [0.2, 0.25) is 0 Å². The van der Waals surface area contributed by atoms with Crippen LogP contribution in [0.4, 0.5) is 18.9 Å². The smallest absolute Gasteiger partial charge is 0.162 e. The molecule has 0 amide bonds. The Kier molecular flexibility index (Phi) is 11.4. The number of aromatic nitrogens is 3. The summed E-state index contributed by atoms with van der Waals surface area (Å²) in [6.07, 6.45) is 3.92. The number of nitrogens with zero attached hydrogens (tertiary/aromatic N) is 6. The molecule has 5 heterocycles. The van der Waals surface area contributed by atoms with Gasteiger partial charge < -0.3 is 24.7 Å². The van der Waals surface area contributed by atoms with E-state index in [9.17, 15) is 14.6 Å². The van der Waals surface area contributed by atoms with Gasteiger partial charge in [-0.15, -0.1) is 21.5 Å². The number of phenols is 1. The number of methoxy groups -OCH3 is 1. The lowest BCUT2D eigenvalue weighted by Crippen LogP contribution is -2.52. The minimum absolute atomic E-state index is 0.0162. The van der Waals surface area contributed by atoms with Crippen molar-refractivity contribution in [1.29, 1.82) is 0 Å². The number of halogens is 3. The van der Waals surface area contributed by atoms with Crippen molar-refractivity contribution in [2.75, 3.05) is 44.7 Å². The molecule has 2 unspecified atom stereocenters. The number of aryl methyl sites for hydroxylation is 3. The molecule has 4 aliphatic rings. The molecule has 2 fully saturated rings. The predicted molar refractivity (Wildman–Crippen MR) is 249 cm³/mol. The van der Waals surface area contributed by atoms with Crippen LogP contribution in [-0.4, -0.2) is 81.0 Å². The number of hydrogen-bond donors (Lipinski definition) is 2. The van der Waals surface area contributed by atoms with Crippen LogP contribution >= 0.6 is 11.3 Å². The zero-order valence-electron chi connectivity index (χ0n) is 37.5. The Hall–Kier alpha value is -5.50. The molecule has 0 bridgehead atoms. The Morgan fingerprint density at radius 3 is 2.28 bits per heavy atom. The lowest BCUT2D eigenvalue weighted by Gasteiger charge is -2.43. The molecule has 1 aliphatic carbocycles. The fourth-order valence-corrected chi connectivity index (χ4v) is 12.3. The highest BCUT2D eigenvalue weighted by atomic mass is 32.1. The summed E-state index contributed by atoms with van der Waals surface area (Å²) in [5.74, 6) is 0.0929. The molecule has 65 heavy (non-hydrogen) atoms. The molecule has 2 aromatic heterocycles. The van der Waals surface area contributed by atoms with Gasteiger partial charge in [-0.05, 0) is 167 Å². The van der Waals surface area contributed by atoms with Crippen molar-refractivity contribution in [3.8, 4) is 16.5 Å². The number of ether oxygens (including phenoxy) is 1. The number of rotatable bonds is 8. The molecule has 4 aromatic carbocycles. The van der Waals surface area contributed by atoms with E-state index < -0.39 is 23.2 Å². The summed E-state index contributed by atoms with van der Waals surface area (Å²) in [6.45, 7) is 11.7. The van der Waals surface area contributed by atoms with Gasteiger partial charge in [0.15, 0.2) is 5.82 Å². The van der Waals surface area contributed by atoms with E-state index in [0.717, 1.165) is 87.5 Å². The molecule has 3 aliphatic heterocycles. The van der Waals surface area contributed by atoms with Crippen molar-refractivity contribution >= 4 is 22.7 Å². The number of aromatic hydroxyl groups is 1. The van der Waals surface area contributed by atoms with Crippen molar-refractivity contribution in [2.24, 2.45) is 4.99 Å². The number of piperidine rings is 2. The zero-order chi connectivity index (χ0) is 45.3. The Morgan fingerprint density at radius 2 is 1.57 bits per heavy atom. The van der Waals surface area contributed by atoms with Crippen LogP contribution in [0.5, 0.6) is 11.5 Å². The number of likely N-dealkylation sites (tertiary alicyclic amines) is 1. The number of hydrogen-bond acceptors (Lipinski definition) is 9. The average Bonchev–Trinajstić information content (AvgIpc) is 3.78. The highest BCUT2D eigenvalue weighted by Crippen LogP contribution is 2.49. The van der Waals surface area contributed by atoms with E-state index in [2.05, 4.69) is 63.5 Å². The summed E-state index contributed by atoms with van der Waals surface area (Å²) in [7, 11) is 1.70. The average molecular weight is 901 g/mol. The third-order valence-electron chi connectivity index (χ3n) is 14.7. The lowest BCUT2D eigenvalue weighted by molar-refractivity contribution is -0.0213. The number of fused-ring (bicyclic) bond motifs is 4. The Labute approximate surface area is 382 Å². The number of β-amino-alcohol motifs (C(OH)–C–C–N with tert-alkyl or cyclic N) is 1. The normalized spacial score (nSPS) is 21.0. The van der Waals surface area contributed by atoms with Gasteiger partial charge in [-0.3, -0.25) is 9.56 Å². The topological polar surface area (TPSA) is 99.2 Å². The molecule has 0 spiro atoms. The second kappa shape index (κ2) is 17.1. The van der Waals surface area contributed by atoms with Gasteiger partial charge >= 0.3 is 0 Å². The van der Waals surface area contributed by atoms with Gasteiger partial charge in [0.05, 0.1) is 18.4 Å². The summed E-state index contributed by atoms with van der Waals surface area (Å²) in [4.78, 5) is 11.1.